The number of carbonyl (C=O) groups is 1. The van der Waals surface area contributed by atoms with E-state index < -0.39 is 5.60 Å². The third kappa shape index (κ3) is 3.91. The topological polar surface area (TPSA) is 64.8 Å². The van der Waals surface area contributed by atoms with E-state index in [2.05, 4.69) is 0 Å². The molecule has 1 aromatic rings. The lowest BCUT2D eigenvalue weighted by Crippen LogP contribution is -2.35. The number of hydrogen-bond acceptors (Lipinski definition) is 4. The van der Waals surface area contributed by atoms with Crippen molar-refractivity contribution in [2.75, 3.05) is 26.7 Å². The summed E-state index contributed by atoms with van der Waals surface area (Å²) in [6, 6.07) is 7.98. The summed E-state index contributed by atoms with van der Waals surface area (Å²) in [5, 5.41) is 0. The van der Waals surface area contributed by atoms with Gasteiger partial charge in [0.1, 0.15) is 11.4 Å². The molecule has 0 aliphatic carbocycles. The zero-order valence-corrected chi connectivity index (χ0v) is 13.8. The standard InChI is InChI=1S/C17H26N2O3/c1-17(2,3)22-16(20)19-10-13(9-18)15(11-19)12-5-7-14(21-4)8-6-12/h5-8,13,15H,9-11,18H2,1-4H3/t13-,15+/m0/s1. The minimum atomic E-state index is -0.479. The fourth-order valence-corrected chi connectivity index (χ4v) is 2.81. The number of amides is 1. The second-order valence-electron chi connectivity index (χ2n) is 6.76. The average molecular weight is 306 g/mol. The zero-order valence-electron chi connectivity index (χ0n) is 13.8. The van der Waals surface area contributed by atoms with Gasteiger partial charge in [-0.2, -0.15) is 0 Å². The van der Waals surface area contributed by atoms with E-state index in [1.807, 2.05) is 45.0 Å². The summed E-state index contributed by atoms with van der Waals surface area (Å²) in [6.07, 6.45) is -0.262. The second-order valence-corrected chi connectivity index (χ2v) is 6.76. The molecule has 5 nitrogen and oxygen atoms in total. The number of methoxy groups -OCH3 is 1. The molecule has 0 radical (unpaired) electrons. The van der Waals surface area contributed by atoms with Crippen LogP contribution in [-0.4, -0.2) is 43.3 Å². The van der Waals surface area contributed by atoms with Gasteiger partial charge >= 0.3 is 6.09 Å². The highest BCUT2D eigenvalue weighted by atomic mass is 16.6. The maximum Gasteiger partial charge on any atom is 0.410 e. The van der Waals surface area contributed by atoms with Gasteiger partial charge in [0, 0.05) is 19.0 Å². The fourth-order valence-electron chi connectivity index (χ4n) is 2.81. The quantitative estimate of drug-likeness (QED) is 0.932. The Balaban J connectivity index is 2.10. The third-order valence-corrected chi connectivity index (χ3v) is 3.94. The molecule has 2 rings (SSSR count). The molecule has 0 saturated carbocycles. The van der Waals surface area contributed by atoms with Crippen molar-refractivity contribution in [3.8, 4) is 5.75 Å². The maximum atomic E-state index is 12.2. The summed E-state index contributed by atoms with van der Waals surface area (Å²) >= 11 is 0. The lowest BCUT2D eigenvalue weighted by Gasteiger charge is -2.24. The average Bonchev–Trinajstić information content (AvgIpc) is 2.90. The van der Waals surface area contributed by atoms with Crippen LogP contribution in [0.1, 0.15) is 32.3 Å². The van der Waals surface area contributed by atoms with Crippen molar-refractivity contribution in [1.82, 2.24) is 4.90 Å². The first-order chi connectivity index (χ1) is 10.3. The van der Waals surface area contributed by atoms with Crippen LogP contribution in [0.4, 0.5) is 4.79 Å². The van der Waals surface area contributed by atoms with Crippen LogP contribution >= 0.6 is 0 Å². The molecule has 0 aromatic heterocycles. The highest BCUT2D eigenvalue weighted by Crippen LogP contribution is 2.33. The van der Waals surface area contributed by atoms with Crippen molar-refractivity contribution in [3.05, 3.63) is 29.8 Å². The normalized spacial score (nSPS) is 21.8. The number of ether oxygens (including phenoxy) is 2. The molecule has 0 spiro atoms. The van der Waals surface area contributed by atoms with Gasteiger partial charge in [0.05, 0.1) is 7.11 Å². The van der Waals surface area contributed by atoms with E-state index >= 15 is 0 Å². The molecule has 5 heteroatoms. The van der Waals surface area contributed by atoms with Crippen LogP contribution in [0.25, 0.3) is 0 Å². The molecule has 0 unspecified atom stereocenters. The molecular weight excluding hydrogens is 280 g/mol. The minimum absolute atomic E-state index is 0.239. The lowest BCUT2D eigenvalue weighted by molar-refractivity contribution is 0.0287. The third-order valence-electron chi connectivity index (χ3n) is 3.94. The molecule has 2 atom stereocenters. The molecule has 2 N–H and O–H groups in total. The first-order valence-corrected chi connectivity index (χ1v) is 7.66. The predicted molar refractivity (Wildman–Crippen MR) is 86.1 cm³/mol. The molecule has 1 fully saturated rings. The van der Waals surface area contributed by atoms with E-state index in [1.54, 1.807) is 12.0 Å². The van der Waals surface area contributed by atoms with Crippen molar-refractivity contribution < 1.29 is 14.3 Å². The lowest BCUT2D eigenvalue weighted by atomic mass is 9.89. The van der Waals surface area contributed by atoms with Gasteiger partial charge in [-0.15, -0.1) is 0 Å². The van der Waals surface area contributed by atoms with Gasteiger partial charge in [-0.1, -0.05) is 12.1 Å². The summed E-state index contributed by atoms with van der Waals surface area (Å²) in [6.45, 7) is 7.47. The minimum Gasteiger partial charge on any atom is -0.497 e. The van der Waals surface area contributed by atoms with Crippen molar-refractivity contribution in [1.29, 1.82) is 0 Å². The predicted octanol–water partition coefficient (Wildman–Crippen LogP) is 2.60. The molecule has 1 amide bonds. The number of likely N-dealkylation sites (tertiary alicyclic amines) is 1. The number of rotatable bonds is 3. The van der Waals surface area contributed by atoms with Crippen molar-refractivity contribution >= 4 is 6.09 Å². The van der Waals surface area contributed by atoms with E-state index in [9.17, 15) is 4.79 Å². The Bertz CT molecular complexity index is 508. The molecular formula is C17H26N2O3. The summed E-state index contributed by atoms with van der Waals surface area (Å²) in [5.74, 6) is 1.32. The summed E-state index contributed by atoms with van der Waals surface area (Å²) in [4.78, 5) is 14.0. The van der Waals surface area contributed by atoms with Crippen molar-refractivity contribution in [2.45, 2.75) is 32.3 Å². The Hall–Kier alpha value is -1.75. The molecule has 0 bridgehead atoms. The SMILES string of the molecule is COc1ccc([C@H]2CN(C(=O)OC(C)(C)C)C[C@@H]2CN)cc1. The van der Waals surface area contributed by atoms with Crippen molar-refractivity contribution in [2.24, 2.45) is 11.7 Å². The largest absolute Gasteiger partial charge is 0.497 e. The second kappa shape index (κ2) is 6.57. The summed E-state index contributed by atoms with van der Waals surface area (Å²) < 4.78 is 10.7. The van der Waals surface area contributed by atoms with E-state index in [-0.39, 0.29) is 17.9 Å². The van der Waals surface area contributed by atoms with Crippen LogP contribution in [0.15, 0.2) is 24.3 Å². The first kappa shape index (κ1) is 16.6. The number of benzene rings is 1. The summed E-state index contributed by atoms with van der Waals surface area (Å²) in [7, 11) is 1.65. The van der Waals surface area contributed by atoms with E-state index in [4.69, 9.17) is 15.2 Å². The monoisotopic (exact) mass is 306 g/mol. The van der Waals surface area contributed by atoms with E-state index in [1.165, 1.54) is 5.56 Å². The Morgan fingerprint density at radius 2 is 1.91 bits per heavy atom. The van der Waals surface area contributed by atoms with Gasteiger partial charge in [0.2, 0.25) is 0 Å². The van der Waals surface area contributed by atoms with Gasteiger partial charge in [-0.05, 0) is 50.9 Å². The zero-order chi connectivity index (χ0) is 16.3. The Morgan fingerprint density at radius 3 is 2.41 bits per heavy atom. The van der Waals surface area contributed by atoms with Gasteiger partial charge < -0.3 is 20.1 Å². The molecule has 1 heterocycles. The first-order valence-electron chi connectivity index (χ1n) is 7.66. The van der Waals surface area contributed by atoms with Crippen LogP contribution in [0.5, 0.6) is 5.75 Å². The van der Waals surface area contributed by atoms with Gasteiger partial charge in [-0.25, -0.2) is 4.79 Å². The van der Waals surface area contributed by atoms with Crippen LogP contribution in [0.3, 0.4) is 0 Å². The van der Waals surface area contributed by atoms with E-state index in [0.717, 1.165) is 5.75 Å². The highest BCUT2D eigenvalue weighted by molar-refractivity contribution is 5.68. The van der Waals surface area contributed by atoms with Crippen LogP contribution in [0, 0.1) is 5.92 Å². The molecule has 1 aliphatic rings. The Kier molecular flexibility index (Phi) is 4.96. The molecule has 1 aromatic carbocycles. The highest BCUT2D eigenvalue weighted by Gasteiger charge is 2.37. The van der Waals surface area contributed by atoms with Crippen molar-refractivity contribution in [3.63, 3.8) is 0 Å². The molecule has 1 saturated heterocycles. The van der Waals surface area contributed by atoms with Crippen LogP contribution in [0.2, 0.25) is 0 Å². The van der Waals surface area contributed by atoms with E-state index in [0.29, 0.717) is 19.6 Å². The Labute approximate surface area is 132 Å². The fraction of sp³-hybridized carbons (Fsp3) is 0.588. The van der Waals surface area contributed by atoms with Crippen LogP contribution in [-0.2, 0) is 4.74 Å². The number of nitrogens with zero attached hydrogens (tertiary/aromatic N) is 1. The van der Waals surface area contributed by atoms with Gasteiger partial charge in [0.25, 0.3) is 0 Å². The van der Waals surface area contributed by atoms with Gasteiger partial charge in [-0.3, -0.25) is 0 Å². The number of nitrogens with two attached hydrogens (primary N) is 1. The molecule has 1 aliphatic heterocycles. The molecule has 22 heavy (non-hydrogen) atoms. The summed E-state index contributed by atoms with van der Waals surface area (Å²) in [5.41, 5.74) is 6.61. The number of carbonyl (C=O) groups excluding carboxylic acids is 1. The van der Waals surface area contributed by atoms with Gasteiger partial charge in [0.15, 0.2) is 0 Å². The van der Waals surface area contributed by atoms with Crippen LogP contribution < -0.4 is 10.5 Å². The number of hydrogen-bond donors (Lipinski definition) is 1. The smallest absolute Gasteiger partial charge is 0.410 e. The maximum absolute atomic E-state index is 12.2. The molecule has 122 valence electrons. The Morgan fingerprint density at radius 1 is 1.27 bits per heavy atom.